The smallest absolute Gasteiger partial charge is 0.244 e. The molecule has 0 saturated carbocycles. The van der Waals surface area contributed by atoms with Gasteiger partial charge in [-0.15, -0.1) is 0 Å². The second-order valence-electron chi connectivity index (χ2n) is 9.24. The molecule has 202 valence electrons. The predicted molar refractivity (Wildman–Crippen MR) is 159 cm³/mol. The summed E-state index contributed by atoms with van der Waals surface area (Å²) < 4.78 is 28.1. The summed E-state index contributed by atoms with van der Waals surface area (Å²) in [6, 6.07) is 28.8. The second-order valence-corrected chi connectivity index (χ2v) is 12.1. The lowest BCUT2D eigenvalue weighted by molar-refractivity contribution is -0.139. The molecule has 7 nitrogen and oxygen atoms in total. The standard InChI is InChI=1S/C30H30BrN3O4S/c1-32-30(36)28(19-22-9-4-3-5-10-22)33(20-23-15-17-25(31)18-16-23)29(35)21-34(39(2,37)38)27-14-8-12-24-11-6-7-13-26(24)27/h3-18,28H,19-21H2,1-2H3,(H,32,36). The van der Waals surface area contributed by atoms with E-state index in [0.29, 0.717) is 11.1 Å². The number of sulfonamides is 1. The van der Waals surface area contributed by atoms with Gasteiger partial charge in [0.2, 0.25) is 21.8 Å². The highest BCUT2D eigenvalue weighted by molar-refractivity contribution is 9.10. The van der Waals surface area contributed by atoms with E-state index >= 15 is 0 Å². The van der Waals surface area contributed by atoms with Gasteiger partial charge in [0.15, 0.2) is 0 Å². The van der Waals surface area contributed by atoms with E-state index in [0.717, 1.165) is 31.5 Å². The van der Waals surface area contributed by atoms with Crippen LogP contribution in [0.2, 0.25) is 0 Å². The van der Waals surface area contributed by atoms with Crippen molar-refractivity contribution in [2.75, 3.05) is 24.2 Å². The zero-order chi connectivity index (χ0) is 28.0. The molecule has 0 radical (unpaired) electrons. The summed E-state index contributed by atoms with van der Waals surface area (Å²) in [4.78, 5) is 28.7. The summed E-state index contributed by atoms with van der Waals surface area (Å²) in [5, 5.41) is 4.25. The Balaban J connectivity index is 1.76. The molecule has 4 aromatic rings. The minimum Gasteiger partial charge on any atom is -0.357 e. The van der Waals surface area contributed by atoms with E-state index in [9.17, 15) is 18.0 Å². The molecule has 9 heteroatoms. The molecule has 1 unspecified atom stereocenters. The Morgan fingerprint density at radius 2 is 1.49 bits per heavy atom. The summed E-state index contributed by atoms with van der Waals surface area (Å²) in [5.74, 6) is -0.818. The molecule has 1 atom stereocenters. The van der Waals surface area contributed by atoms with Crippen LogP contribution in [-0.2, 0) is 32.6 Å². The number of likely N-dealkylation sites (N-methyl/N-ethyl adjacent to an activating group) is 1. The molecule has 1 N–H and O–H groups in total. The minimum atomic E-state index is -3.85. The highest BCUT2D eigenvalue weighted by Crippen LogP contribution is 2.29. The van der Waals surface area contributed by atoms with Crippen molar-refractivity contribution in [1.29, 1.82) is 0 Å². The molecular formula is C30H30BrN3O4S. The van der Waals surface area contributed by atoms with E-state index in [1.165, 1.54) is 11.9 Å². The first-order chi connectivity index (χ1) is 18.7. The fraction of sp³-hybridized carbons (Fsp3) is 0.200. The van der Waals surface area contributed by atoms with E-state index in [4.69, 9.17) is 0 Å². The van der Waals surface area contributed by atoms with Gasteiger partial charge in [-0.3, -0.25) is 13.9 Å². The molecule has 0 saturated heterocycles. The number of carbonyl (C=O) groups excluding carboxylic acids is 2. The maximum Gasteiger partial charge on any atom is 0.244 e. The van der Waals surface area contributed by atoms with Crippen molar-refractivity contribution >= 4 is 54.2 Å². The summed E-state index contributed by atoms with van der Waals surface area (Å²) in [6.45, 7) is -0.324. The van der Waals surface area contributed by atoms with Crippen LogP contribution in [0, 0.1) is 0 Å². The monoisotopic (exact) mass is 607 g/mol. The molecule has 4 aromatic carbocycles. The Labute approximate surface area is 237 Å². The van der Waals surface area contributed by atoms with Crippen LogP contribution in [0.5, 0.6) is 0 Å². The predicted octanol–water partition coefficient (Wildman–Crippen LogP) is 4.75. The first-order valence-corrected chi connectivity index (χ1v) is 15.1. The fourth-order valence-corrected chi connectivity index (χ4v) is 5.65. The van der Waals surface area contributed by atoms with Gasteiger partial charge in [-0.25, -0.2) is 8.42 Å². The number of carbonyl (C=O) groups is 2. The van der Waals surface area contributed by atoms with Crippen LogP contribution in [0.25, 0.3) is 10.8 Å². The maximum atomic E-state index is 14.1. The SMILES string of the molecule is CNC(=O)C(Cc1ccccc1)N(Cc1ccc(Br)cc1)C(=O)CN(c1cccc2ccccc12)S(C)(=O)=O. The van der Waals surface area contributed by atoms with E-state index in [-0.39, 0.29) is 18.9 Å². The molecule has 0 aliphatic carbocycles. The Bertz CT molecular complexity index is 1560. The van der Waals surface area contributed by atoms with Gasteiger partial charge < -0.3 is 10.2 Å². The summed E-state index contributed by atoms with van der Waals surface area (Å²) in [6.07, 6.45) is 1.36. The number of nitrogens with zero attached hydrogens (tertiary/aromatic N) is 2. The number of nitrogens with one attached hydrogen (secondary N) is 1. The van der Waals surface area contributed by atoms with Crippen LogP contribution >= 0.6 is 15.9 Å². The zero-order valence-electron chi connectivity index (χ0n) is 21.7. The van der Waals surface area contributed by atoms with E-state index in [2.05, 4.69) is 21.2 Å². The number of anilines is 1. The van der Waals surface area contributed by atoms with Crippen LogP contribution in [0.15, 0.2) is 102 Å². The Hall–Kier alpha value is -3.69. The lowest BCUT2D eigenvalue weighted by atomic mass is 10.0. The fourth-order valence-electron chi connectivity index (χ4n) is 4.53. The number of amides is 2. The van der Waals surface area contributed by atoms with Crippen LogP contribution in [0.4, 0.5) is 5.69 Å². The third-order valence-corrected chi connectivity index (χ3v) is 8.15. The largest absolute Gasteiger partial charge is 0.357 e. The molecule has 0 aliphatic heterocycles. The molecule has 39 heavy (non-hydrogen) atoms. The van der Waals surface area contributed by atoms with Gasteiger partial charge >= 0.3 is 0 Å². The summed E-state index contributed by atoms with van der Waals surface area (Å²) >= 11 is 3.43. The van der Waals surface area contributed by atoms with Gasteiger partial charge in [0.1, 0.15) is 12.6 Å². The molecule has 0 fully saturated rings. The van der Waals surface area contributed by atoms with E-state index < -0.39 is 28.5 Å². The number of halogens is 1. The summed E-state index contributed by atoms with van der Waals surface area (Å²) in [7, 11) is -2.32. The zero-order valence-corrected chi connectivity index (χ0v) is 24.2. The lowest BCUT2D eigenvalue weighted by Crippen LogP contribution is -2.52. The van der Waals surface area contributed by atoms with Crippen molar-refractivity contribution in [1.82, 2.24) is 10.2 Å². The van der Waals surface area contributed by atoms with Gasteiger partial charge in [0.25, 0.3) is 0 Å². The first-order valence-electron chi connectivity index (χ1n) is 12.4. The average Bonchev–Trinajstić information content (AvgIpc) is 2.93. The Kier molecular flexibility index (Phi) is 9.04. The first kappa shape index (κ1) is 28.3. The van der Waals surface area contributed by atoms with Gasteiger partial charge in [0.05, 0.1) is 11.9 Å². The number of rotatable bonds is 10. The molecule has 0 aromatic heterocycles. The Morgan fingerprint density at radius 3 is 2.15 bits per heavy atom. The van der Waals surface area contributed by atoms with Crippen LogP contribution < -0.4 is 9.62 Å². The van der Waals surface area contributed by atoms with Crippen LogP contribution in [0.3, 0.4) is 0 Å². The number of fused-ring (bicyclic) bond motifs is 1. The Morgan fingerprint density at radius 1 is 0.846 bits per heavy atom. The molecular weight excluding hydrogens is 578 g/mol. The third kappa shape index (κ3) is 7.04. The van der Waals surface area contributed by atoms with Crippen molar-refractivity contribution in [2.45, 2.75) is 19.0 Å². The van der Waals surface area contributed by atoms with Crippen molar-refractivity contribution in [3.63, 3.8) is 0 Å². The van der Waals surface area contributed by atoms with Gasteiger partial charge in [0, 0.05) is 29.9 Å². The van der Waals surface area contributed by atoms with Crippen molar-refractivity contribution in [2.24, 2.45) is 0 Å². The summed E-state index contributed by atoms with van der Waals surface area (Å²) in [5.41, 5.74) is 2.10. The van der Waals surface area contributed by atoms with Crippen LogP contribution in [0.1, 0.15) is 11.1 Å². The number of hydrogen-bond acceptors (Lipinski definition) is 4. The second kappa shape index (κ2) is 12.4. The quantitative estimate of drug-likeness (QED) is 0.282. The highest BCUT2D eigenvalue weighted by Gasteiger charge is 2.33. The van der Waals surface area contributed by atoms with Crippen molar-refractivity contribution in [3.8, 4) is 0 Å². The van der Waals surface area contributed by atoms with E-state index in [1.54, 1.807) is 12.1 Å². The average molecular weight is 609 g/mol. The molecule has 0 heterocycles. The highest BCUT2D eigenvalue weighted by atomic mass is 79.9. The molecule has 0 bridgehead atoms. The molecule has 0 spiro atoms. The normalized spacial score (nSPS) is 12.1. The van der Waals surface area contributed by atoms with Gasteiger partial charge in [-0.1, -0.05) is 94.8 Å². The lowest BCUT2D eigenvalue weighted by Gasteiger charge is -2.33. The molecule has 2 amide bonds. The van der Waals surface area contributed by atoms with Crippen LogP contribution in [-0.4, -0.2) is 51.0 Å². The number of benzene rings is 4. The molecule has 0 aliphatic rings. The van der Waals surface area contributed by atoms with Gasteiger partial charge in [-0.2, -0.15) is 0 Å². The molecule has 4 rings (SSSR count). The maximum absolute atomic E-state index is 14.1. The topological polar surface area (TPSA) is 86.8 Å². The van der Waals surface area contributed by atoms with Gasteiger partial charge in [-0.05, 0) is 34.7 Å². The minimum absolute atomic E-state index is 0.129. The van der Waals surface area contributed by atoms with E-state index in [1.807, 2.05) is 84.9 Å². The third-order valence-electron chi connectivity index (χ3n) is 6.50. The van der Waals surface area contributed by atoms with Crippen molar-refractivity contribution < 1.29 is 18.0 Å². The van der Waals surface area contributed by atoms with Crippen molar-refractivity contribution in [3.05, 3.63) is 113 Å². The number of hydrogen-bond donors (Lipinski definition) is 1.